The summed E-state index contributed by atoms with van der Waals surface area (Å²) < 4.78 is 32.9. The summed E-state index contributed by atoms with van der Waals surface area (Å²) in [4.78, 5) is 27.6. The molecular weight excluding hydrogens is 466 g/mol. The van der Waals surface area contributed by atoms with Crippen LogP contribution in [0.2, 0.25) is 5.02 Å². The molecule has 2 aromatic rings. The van der Waals surface area contributed by atoms with Gasteiger partial charge in [-0.25, -0.2) is 13.1 Å². The molecule has 0 aliphatic heterocycles. The zero-order chi connectivity index (χ0) is 23.8. The molecule has 0 spiro atoms. The normalized spacial score (nSPS) is 15.7. The number of hydrogen-bond acceptors (Lipinski definition) is 5. The van der Waals surface area contributed by atoms with Gasteiger partial charge in [0.1, 0.15) is 11.8 Å². The Kier molecular flexibility index (Phi) is 8.94. The van der Waals surface area contributed by atoms with Crippen LogP contribution in [-0.4, -0.2) is 43.8 Å². The summed E-state index contributed by atoms with van der Waals surface area (Å²) in [5, 5.41) is 3.48. The van der Waals surface area contributed by atoms with Crippen molar-refractivity contribution >= 4 is 33.4 Å². The van der Waals surface area contributed by atoms with Crippen LogP contribution in [0.3, 0.4) is 0 Å². The molecule has 1 unspecified atom stereocenters. The lowest BCUT2D eigenvalue weighted by molar-refractivity contribution is -0.141. The Morgan fingerprint density at radius 3 is 2.45 bits per heavy atom. The van der Waals surface area contributed by atoms with E-state index in [9.17, 15) is 18.0 Å². The number of rotatable bonds is 10. The van der Waals surface area contributed by atoms with Gasteiger partial charge in [-0.3, -0.25) is 9.59 Å². The summed E-state index contributed by atoms with van der Waals surface area (Å²) in [6.07, 6.45) is 7.04. The SMILES string of the molecule is CCC(C(=O)NC1CCCCC1)N(Cc1ccco1)C(=O)CNS(=O)(=O)c1ccc(Cl)cc1. The molecule has 2 amide bonds. The maximum atomic E-state index is 13.2. The second-order valence-corrected chi connectivity index (χ2v) is 10.4. The number of carbonyl (C=O) groups is 2. The van der Waals surface area contributed by atoms with Crippen LogP contribution in [0, 0.1) is 0 Å². The highest BCUT2D eigenvalue weighted by molar-refractivity contribution is 7.89. The van der Waals surface area contributed by atoms with Crippen molar-refractivity contribution in [2.24, 2.45) is 0 Å². The van der Waals surface area contributed by atoms with Crippen LogP contribution >= 0.6 is 11.6 Å². The standard InChI is InChI=1S/C23H30ClN3O5S/c1-2-21(23(29)26-18-7-4-3-5-8-18)27(16-19-9-6-14-32-19)22(28)15-25-33(30,31)20-12-10-17(24)11-13-20/h6,9-14,18,21,25H,2-5,7-8,15-16H2,1H3,(H,26,29). The average molecular weight is 496 g/mol. The summed E-state index contributed by atoms with van der Waals surface area (Å²) >= 11 is 5.83. The van der Waals surface area contributed by atoms with E-state index in [1.807, 2.05) is 6.92 Å². The first-order chi connectivity index (χ1) is 15.8. The Morgan fingerprint density at radius 1 is 1.15 bits per heavy atom. The predicted molar refractivity (Wildman–Crippen MR) is 125 cm³/mol. The zero-order valence-electron chi connectivity index (χ0n) is 18.6. The third-order valence-electron chi connectivity index (χ3n) is 5.78. The summed E-state index contributed by atoms with van der Waals surface area (Å²) in [6.45, 7) is 1.40. The van der Waals surface area contributed by atoms with Crippen molar-refractivity contribution in [2.75, 3.05) is 6.54 Å². The monoisotopic (exact) mass is 495 g/mol. The second kappa shape index (κ2) is 11.7. The molecule has 1 aliphatic carbocycles. The van der Waals surface area contributed by atoms with E-state index in [4.69, 9.17) is 16.0 Å². The van der Waals surface area contributed by atoms with Gasteiger partial charge in [0.2, 0.25) is 21.8 Å². The van der Waals surface area contributed by atoms with Gasteiger partial charge in [-0.05, 0) is 55.7 Å². The lowest BCUT2D eigenvalue weighted by atomic mass is 9.95. The van der Waals surface area contributed by atoms with Crippen LogP contribution < -0.4 is 10.0 Å². The molecule has 1 aliphatic rings. The van der Waals surface area contributed by atoms with Gasteiger partial charge in [-0.2, -0.15) is 0 Å². The fourth-order valence-corrected chi connectivity index (χ4v) is 5.09. The van der Waals surface area contributed by atoms with Crippen molar-refractivity contribution in [3.8, 4) is 0 Å². The number of halogens is 1. The van der Waals surface area contributed by atoms with E-state index in [0.29, 0.717) is 17.2 Å². The van der Waals surface area contributed by atoms with Crippen LogP contribution in [0.4, 0.5) is 0 Å². The molecule has 10 heteroatoms. The lowest BCUT2D eigenvalue weighted by Gasteiger charge is -2.32. The maximum absolute atomic E-state index is 13.2. The Morgan fingerprint density at radius 2 is 1.85 bits per heavy atom. The molecule has 180 valence electrons. The highest BCUT2D eigenvalue weighted by Crippen LogP contribution is 2.19. The van der Waals surface area contributed by atoms with E-state index in [-0.39, 0.29) is 23.4 Å². The first-order valence-corrected chi connectivity index (χ1v) is 13.0. The smallest absolute Gasteiger partial charge is 0.243 e. The van der Waals surface area contributed by atoms with Crippen LogP contribution in [0.15, 0.2) is 52.0 Å². The number of benzene rings is 1. The van der Waals surface area contributed by atoms with E-state index in [2.05, 4.69) is 10.0 Å². The molecule has 0 bridgehead atoms. The van der Waals surface area contributed by atoms with E-state index in [1.54, 1.807) is 12.1 Å². The molecule has 3 rings (SSSR count). The van der Waals surface area contributed by atoms with Gasteiger partial charge in [-0.1, -0.05) is 37.8 Å². The number of furan rings is 1. The number of nitrogens with zero attached hydrogens (tertiary/aromatic N) is 1. The van der Waals surface area contributed by atoms with Crippen molar-refractivity contribution in [1.82, 2.24) is 14.9 Å². The molecular formula is C23H30ClN3O5S. The minimum Gasteiger partial charge on any atom is -0.467 e. The van der Waals surface area contributed by atoms with Crippen molar-refractivity contribution in [3.63, 3.8) is 0 Å². The van der Waals surface area contributed by atoms with E-state index in [1.165, 1.54) is 41.8 Å². The molecule has 0 saturated heterocycles. The summed E-state index contributed by atoms with van der Waals surface area (Å²) in [7, 11) is -3.92. The van der Waals surface area contributed by atoms with E-state index < -0.39 is 28.5 Å². The van der Waals surface area contributed by atoms with Crippen molar-refractivity contribution in [2.45, 2.75) is 69.0 Å². The largest absolute Gasteiger partial charge is 0.467 e. The van der Waals surface area contributed by atoms with Crippen molar-refractivity contribution in [3.05, 3.63) is 53.4 Å². The molecule has 0 radical (unpaired) electrons. The quantitative estimate of drug-likeness (QED) is 0.524. The van der Waals surface area contributed by atoms with Gasteiger partial charge < -0.3 is 14.6 Å². The van der Waals surface area contributed by atoms with E-state index >= 15 is 0 Å². The van der Waals surface area contributed by atoms with Gasteiger partial charge in [0, 0.05) is 11.1 Å². The van der Waals surface area contributed by atoms with Crippen molar-refractivity contribution in [1.29, 1.82) is 0 Å². The Bertz CT molecular complexity index is 1020. The third kappa shape index (κ3) is 7.06. The van der Waals surface area contributed by atoms with Gasteiger partial charge in [0.25, 0.3) is 0 Å². The Balaban J connectivity index is 1.73. The first kappa shape index (κ1) is 25.3. The summed E-state index contributed by atoms with van der Waals surface area (Å²) in [5.74, 6) is -0.243. The number of amides is 2. The fraction of sp³-hybridized carbons (Fsp3) is 0.478. The molecule has 1 heterocycles. The molecule has 1 saturated carbocycles. The lowest BCUT2D eigenvalue weighted by Crippen LogP contribution is -2.53. The molecule has 8 nitrogen and oxygen atoms in total. The second-order valence-electron chi connectivity index (χ2n) is 8.15. The van der Waals surface area contributed by atoms with Crippen LogP contribution in [0.1, 0.15) is 51.2 Å². The molecule has 1 aromatic carbocycles. The minimum atomic E-state index is -3.92. The Hall–Kier alpha value is -2.36. The average Bonchev–Trinajstić information content (AvgIpc) is 3.31. The van der Waals surface area contributed by atoms with Crippen LogP contribution in [0.25, 0.3) is 0 Å². The summed E-state index contributed by atoms with van der Waals surface area (Å²) in [6, 6.07) is 8.42. The number of nitrogens with one attached hydrogen (secondary N) is 2. The molecule has 33 heavy (non-hydrogen) atoms. The predicted octanol–water partition coefficient (Wildman–Crippen LogP) is 3.47. The highest BCUT2D eigenvalue weighted by atomic mass is 35.5. The highest BCUT2D eigenvalue weighted by Gasteiger charge is 2.31. The van der Waals surface area contributed by atoms with Gasteiger partial charge in [0.15, 0.2) is 0 Å². The number of hydrogen-bond donors (Lipinski definition) is 2. The number of carbonyl (C=O) groups excluding carboxylic acids is 2. The molecule has 1 atom stereocenters. The molecule has 1 fully saturated rings. The summed E-state index contributed by atoms with van der Waals surface area (Å²) in [5.41, 5.74) is 0. The van der Waals surface area contributed by atoms with Gasteiger partial charge >= 0.3 is 0 Å². The van der Waals surface area contributed by atoms with E-state index in [0.717, 1.165) is 25.7 Å². The van der Waals surface area contributed by atoms with Gasteiger partial charge in [-0.15, -0.1) is 0 Å². The zero-order valence-corrected chi connectivity index (χ0v) is 20.2. The topological polar surface area (TPSA) is 109 Å². The molecule has 1 aromatic heterocycles. The number of sulfonamides is 1. The van der Waals surface area contributed by atoms with Gasteiger partial charge in [0.05, 0.1) is 24.2 Å². The maximum Gasteiger partial charge on any atom is 0.243 e. The third-order valence-corrected chi connectivity index (χ3v) is 7.45. The van der Waals surface area contributed by atoms with Crippen LogP contribution in [-0.2, 0) is 26.2 Å². The molecule has 2 N–H and O–H groups in total. The Labute approximate surface area is 199 Å². The fourth-order valence-electron chi connectivity index (χ4n) is 3.99. The first-order valence-electron chi connectivity index (χ1n) is 11.2. The van der Waals surface area contributed by atoms with Crippen LogP contribution in [0.5, 0.6) is 0 Å². The van der Waals surface area contributed by atoms with Crippen molar-refractivity contribution < 1.29 is 22.4 Å². The minimum absolute atomic E-state index is 0.000586.